The minimum atomic E-state index is -0.987. The number of aromatic nitrogens is 2. The summed E-state index contributed by atoms with van der Waals surface area (Å²) < 4.78 is 0. The molecule has 0 bridgehead atoms. The lowest BCUT2D eigenvalue weighted by Crippen LogP contribution is -2.59. The van der Waals surface area contributed by atoms with Gasteiger partial charge in [0.25, 0.3) is 11.8 Å². The van der Waals surface area contributed by atoms with Gasteiger partial charge in [-0.2, -0.15) is 0 Å². The Labute approximate surface area is 233 Å². The second-order valence-electron chi connectivity index (χ2n) is 11.3. The number of hydrogen-bond donors (Lipinski definition) is 4. The highest BCUT2D eigenvalue weighted by molar-refractivity contribution is 6.38. The van der Waals surface area contributed by atoms with E-state index in [1.54, 1.807) is 20.8 Å². The van der Waals surface area contributed by atoms with Crippen molar-refractivity contribution >= 4 is 35.3 Å². The first-order chi connectivity index (χ1) is 18.9. The normalized spacial score (nSPS) is 18.3. The van der Waals surface area contributed by atoms with Gasteiger partial charge in [0.1, 0.15) is 17.8 Å². The second kappa shape index (κ2) is 13.4. The lowest BCUT2D eigenvalue weighted by atomic mass is 9.85. The van der Waals surface area contributed by atoms with Gasteiger partial charge in [0.2, 0.25) is 23.5 Å². The largest absolute Gasteiger partial charge is 0.347 e. The molecule has 1 saturated carbocycles. The fourth-order valence-corrected chi connectivity index (χ4v) is 4.46. The first-order valence-corrected chi connectivity index (χ1v) is 13.7. The molecule has 1 aliphatic heterocycles. The average molecular weight is 558 g/mol. The standard InChI is InChI=1S/C27H39N7O6/c1-5-7-17(21(36)25(39)31-16-9-10-16)32-24(38)19-8-6-13-34(19)26(40)22(27(2,3)4)33-20(35)15-30-23(37)18-14-28-11-12-29-18/h11-12,14,16-17,19,22H,5-10,13,15H2,1-4H3,(H,30,37)(H,31,39)(H,32,38)(H,33,35)/t17-,19?,22?/m0/s1. The number of ketones is 1. The zero-order valence-electron chi connectivity index (χ0n) is 23.5. The summed E-state index contributed by atoms with van der Waals surface area (Å²) in [6, 6.07) is -2.80. The van der Waals surface area contributed by atoms with Crippen molar-refractivity contribution in [3.8, 4) is 0 Å². The third-order valence-corrected chi connectivity index (χ3v) is 6.81. The van der Waals surface area contributed by atoms with Crippen LogP contribution >= 0.6 is 0 Å². The van der Waals surface area contributed by atoms with E-state index in [2.05, 4.69) is 31.2 Å². The van der Waals surface area contributed by atoms with Gasteiger partial charge in [-0.3, -0.25) is 33.8 Å². The van der Waals surface area contributed by atoms with E-state index in [1.807, 2.05) is 6.92 Å². The number of hydrogen-bond acceptors (Lipinski definition) is 8. The van der Waals surface area contributed by atoms with E-state index < -0.39 is 58.9 Å². The number of carbonyl (C=O) groups excluding carboxylic acids is 6. The van der Waals surface area contributed by atoms with E-state index in [0.717, 1.165) is 12.8 Å². The molecule has 40 heavy (non-hydrogen) atoms. The van der Waals surface area contributed by atoms with E-state index in [9.17, 15) is 28.8 Å². The first-order valence-electron chi connectivity index (χ1n) is 13.7. The van der Waals surface area contributed by atoms with Crippen LogP contribution in [0.4, 0.5) is 0 Å². The molecule has 2 heterocycles. The van der Waals surface area contributed by atoms with E-state index in [0.29, 0.717) is 32.2 Å². The predicted molar refractivity (Wildman–Crippen MR) is 143 cm³/mol. The molecular weight excluding hydrogens is 518 g/mol. The summed E-state index contributed by atoms with van der Waals surface area (Å²) in [7, 11) is 0. The van der Waals surface area contributed by atoms with Gasteiger partial charge >= 0.3 is 0 Å². The van der Waals surface area contributed by atoms with E-state index >= 15 is 0 Å². The molecule has 1 saturated heterocycles. The van der Waals surface area contributed by atoms with Crippen molar-refractivity contribution < 1.29 is 28.8 Å². The Balaban J connectivity index is 1.64. The topological polar surface area (TPSA) is 180 Å². The highest BCUT2D eigenvalue weighted by Crippen LogP contribution is 2.26. The maximum Gasteiger partial charge on any atom is 0.289 e. The highest BCUT2D eigenvalue weighted by Gasteiger charge is 2.43. The zero-order valence-corrected chi connectivity index (χ0v) is 23.5. The van der Waals surface area contributed by atoms with Gasteiger partial charge < -0.3 is 26.2 Å². The molecule has 1 aliphatic carbocycles. The van der Waals surface area contributed by atoms with Crippen LogP contribution in [0.3, 0.4) is 0 Å². The molecule has 5 amide bonds. The quantitative estimate of drug-likeness (QED) is 0.256. The first kappa shape index (κ1) is 30.6. The van der Waals surface area contributed by atoms with E-state index in [4.69, 9.17) is 0 Å². The summed E-state index contributed by atoms with van der Waals surface area (Å²) in [6.45, 7) is 7.12. The van der Waals surface area contributed by atoms with Crippen LogP contribution in [0.2, 0.25) is 0 Å². The maximum atomic E-state index is 13.7. The molecule has 13 nitrogen and oxygen atoms in total. The van der Waals surface area contributed by atoms with Gasteiger partial charge in [-0.15, -0.1) is 0 Å². The maximum absolute atomic E-state index is 13.7. The molecular formula is C27H39N7O6. The van der Waals surface area contributed by atoms with Crippen molar-refractivity contribution in [2.75, 3.05) is 13.1 Å². The number of carbonyl (C=O) groups is 6. The molecule has 2 fully saturated rings. The Hall–Kier alpha value is -3.90. The van der Waals surface area contributed by atoms with Crippen LogP contribution in [0.5, 0.6) is 0 Å². The summed E-state index contributed by atoms with van der Waals surface area (Å²) in [4.78, 5) is 86.0. The van der Waals surface area contributed by atoms with Crippen LogP contribution in [0.1, 0.15) is 76.7 Å². The molecule has 0 spiro atoms. The van der Waals surface area contributed by atoms with Crippen LogP contribution < -0.4 is 21.3 Å². The molecule has 13 heteroatoms. The van der Waals surface area contributed by atoms with Crippen LogP contribution in [-0.2, 0) is 24.0 Å². The van der Waals surface area contributed by atoms with Gasteiger partial charge in [-0.05, 0) is 37.5 Å². The third-order valence-electron chi connectivity index (χ3n) is 6.81. The Bertz CT molecular complexity index is 1120. The Morgan fingerprint density at radius 1 is 1.05 bits per heavy atom. The number of likely N-dealkylation sites (tertiary alicyclic amines) is 1. The highest BCUT2D eigenvalue weighted by atomic mass is 16.2. The van der Waals surface area contributed by atoms with Crippen molar-refractivity contribution in [1.82, 2.24) is 36.1 Å². The summed E-state index contributed by atoms with van der Waals surface area (Å²) in [5, 5.41) is 10.5. The molecule has 2 unspecified atom stereocenters. The summed E-state index contributed by atoms with van der Waals surface area (Å²) in [5.41, 5.74) is -0.665. The molecule has 218 valence electrons. The average Bonchev–Trinajstić information content (AvgIpc) is 3.59. The van der Waals surface area contributed by atoms with Gasteiger partial charge in [0.05, 0.1) is 18.8 Å². The molecule has 0 radical (unpaired) electrons. The van der Waals surface area contributed by atoms with Gasteiger partial charge in [0.15, 0.2) is 0 Å². The van der Waals surface area contributed by atoms with Crippen molar-refractivity contribution in [2.45, 2.75) is 90.4 Å². The third kappa shape index (κ3) is 8.30. The Morgan fingerprint density at radius 2 is 1.77 bits per heavy atom. The summed E-state index contributed by atoms with van der Waals surface area (Å²) in [5.74, 6) is -3.51. The lowest BCUT2D eigenvalue weighted by molar-refractivity contribution is -0.145. The predicted octanol–water partition coefficient (Wildman–Crippen LogP) is -0.139. The molecule has 2 aliphatic rings. The Morgan fingerprint density at radius 3 is 2.38 bits per heavy atom. The number of Topliss-reactive ketones (excluding diaryl/α,β-unsaturated/α-hetero) is 1. The van der Waals surface area contributed by atoms with Crippen molar-refractivity contribution in [2.24, 2.45) is 5.41 Å². The molecule has 3 atom stereocenters. The van der Waals surface area contributed by atoms with E-state index in [1.165, 1.54) is 23.5 Å². The van der Waals surface area contributed by atoms with Crippen molar-refractivity contribution in [3.63, 3.8) is 0 Å². The number of rotatable bonds is 12. The fraction of sp³-hybridized carbons (Fsp3) is 0.630. The fourth-order valence-electron chi connectivity index (χ4n) is 4.46. The van der Waals surface area contributed by atoms with Crippen LogP contribution in [-0.4, -0.2) is 87.4 Å². The minimum Gasteiger partial charge on any atom is -0.347 e. The zero-order chi connectivity index (χ0) is 29.4. The van der Waals surface area contributed by atoms with Crippen LogP contribution in [0, 0.1) is 5.41 Å². The van der Waals surface area contributed by atoms with Crippen LogP contribution in [0.15, 0.2) is 18.6 Å². The smallest absolute Gasteiger partial charge is 0.289 e. The van der Waals surface area contributed by atoms with E-state index in [-0.39, 0.29) is 18.3 Å². The summed E-state index contributed by atoms with van der Waals surface area (Å²) in [6.07, 6.45) is 7.54. The lowest BCUT2D eigenvalue weighted by Gasteiger charge is -2.35. The summed E-state index contributed by atoms with van der Waals surface area (Å²) >= 11 is 0. The molecule has 4 N–H and O–H groups in total. The monoisotopic (exact) mass is 557 g/mol. The number of nitrogens with one attached hydrogen (secondary N) is 4. The van der Waals surface area contributed by atoms with Crippen molar-refractivity contribution in [1.29, 1.82) is 0 Å². The van der Waals surface area contributed by atoms with Gasteiger partial charge in [-0.1, -0.05) is 34.1 Å². The molecule has 1 aromatic rings. The van der Waals surface area contributed by atoms with Gasteiger partial charge in [-0.25, -0.2) is 4.98 Å². The van der Waals surface area contributed by atoms with Crippen LogP contribution in [0.25, 0.3) is 0 Å². The molecule has 1 aromatic heterocycles. The number of amides is 5. The Kier molecular flexibility index (Phi) is 10.3. The number of nitrogens with zero attached hydrogens (tertiary/aromatic N) is 3. The SMILES string of the molecule is CCC[C@H](NC(=O)C1CCCN1C(=O)C(NC(=O)CNC(=O)c1cnccn1)C(C)(C)C)C(=O)C(=O)NC1CC1. The van der Waals surface area contributed by atoms with Crippen molar-refractivity contribution in [3.05, 3.63) is 24.3 Å². The second-order valence-corrected chi connectivity index (χ2v) is 11.3. The minimum absolute atomic E-state index is 0.0160. The molecule has 3 rings (SSSR count). The van der Waals surface area contributed by atoms with Gasteiger partial charge in [0, 0.05) is 25.0 Å². The molecule has 0 aromatic carbocycles.